The van der Waals surface area contributed by atoms with Gasteiger partial charge < -0.3 is 23.9 Å². The predicted octanol–water partition coefficient (Wildman–Crippen LogP) is 7.88. The molecule has 1 aromatic carbocycles. The Balaban J connectivity index is 1.21. The number of likely N-dealkylation sites (N-methyl/N-ethyl adjacent to an activating group) is 1. The van der Waals surface area contributed by atoms with E-state index < -0.39 is 37.6 Å². The van der Waals surface area contributed by atoms with E-state index >= 15 is 0 Å². The third-order valence-corrected chi connectivity index (χ3v) is 15.5. The van der Waals surface area contributed by atoms with Gasteiger partial charge in [0.2, 0.25) is 5.60 Å². The van der Waals surface area contributed by atoms with Crippen molar-refractivity contribution in [2.75, 3.05) is 25.5 Å². The van der Waals surface area contributed by atoms with Gasteiger partial charge in [-0.05, 0) is 79.8 Å². The zero-order valence-corrected chi connectivity index (χ0v) is 29.9. The molecule has 0 aliphatic heterocycles. The largest absolute Gasteiger partial charge is 0.460 e. The van der Waals surface area contributed by atoms with Crippen molar-refractivity contribution in [3.05, 3.63) is 74.1 Å². The fourth-order valence-electron chi connectivity index (χ4n) is 5.01. The molecule has 3 aromatic rings. The van der Waals surface area contributed by atoms with Crippen LogP contribution in [0.5, 0.6) is 0 Å². The Labute approximate surface area is 278 Å². The second-order valence-corrected chi connectivity index (χ2v) is 19.9. The molecule has 1 saturated carbocycles. The van der Waals surface area contributed by atoms with Crippen LogP contribution in [-0.4, -0.2) is 62.7 Å². The number of hydrogen-bond donors (Lipinski definition) is 2. The Morgan fingerprint density at radius 3 is 2.17 bits per heavy atom. The molecule has 2 heterocycles. The van der Waals surface area contributed by atoms with Crippen LogP contribution in [0.2, 0.25) is 18.1 Å². The molecule has 0 saturated heterocycles. The van der Waals surface area contributed by atoms with Crippen molar-refractivity contribution >= 4 is 48.7 Å². The third kappa shape index (κ3) is 8.61. The van der Waals surface area contributed by atoms with Gasteiger partial charge in [0, 0.05) is 24.2 Å². The minimum Gasteiger partial charge on any atom is -0.460 e. The van der Waals surface area contributed by atoms with Gasteiger partial charge in [0.1, 0.15) is 24.3 Å². The summed E-state index contributed by atoms with van der Waals surface area (Å²) < 4.78 is 46.5. The van der Waals surface area contributed by atoms with Crippen molar-refractivity contribution in [1.29, 1.82) is 0 Å². The Bertz CT molecular complexity index is 1420. The third-order valence-electron chi connectivity index (χ3n) is 9.04. The summed E-state index contributed by atoms with van der Waals surface area (Å²) in [6, 6.07) is 9.23. The van der Waals surface area contributed by atoms with E-state index in [1.807, 2.05) is 30.9 Å². The highest BCUT2D eigenvalue weighted by Gasteiger charge is 2.45. The molecule has 0 unspecified atom stereocenters. The van der Waals surface area contributed by atoms with Gasteiger partial charge in [-0.3, -0.25) is 5.32 Å². The van der Waals surface area contributed by atoms with Crippen LogP contribution in [0.25, 0.3) is 0 Å². The number of aliphatic hydroxyl groups is 1. The van der Waals surface area contributed by atoms with Crippen molar-refractivity contribution in [2.45, 2.75) is 88.9 Å². The Hall–Kier alpha value is -2.68. The number of benzene rings is 1. The fraction of sp³-hybridized carbons (Fsp3) is 0.515. The van der Waals surface area contributed by atoms with E-state index in [9.17, 15) is 23.5 Å². The van der Waals surface area contributed by atoms with Gasteiger partial charge in [-0.2, -0.15) is 0 Å². The number of carbonyl (C=O) groups excluding carboxylic acids is 2. The second kappa shape index (κ2) is 15.0. The molecule has 4 rings (SSSR count). The van der Waals surface area contributed by atoms with Crippen LogP contribution in [0.1, 0.15) is 61.8 Å². The van der Waals surface area contributed by atoms with E-state index in [0.29, 0.717) is 29.1 Å². The molecule has 0 atom stereocenters. The van der Waals surface area contributed by atoms with Crippen LogP contribution in [0.3, 0.4) is 0 Å². The summed E-state index contributed by atoms with van der Waals surface area (Å²) in [7, 11) is -0.231. The van der Waals surface area contributed by atoms with Crippen molar-refractivity contribution < 1.29 is 37.4 Å². The average molecular weight is 695 g/mol. The number of amides is 1. The first kappa shape index (κ1) is 36.2. The number of rotatable bonds is 12. The maximum Gasteiger partial charge on any atom is 0.411 e. The van der Waals surface area contributed by atoms with Crippen LogP contribution in [0.4, 0.5) is 19.3 Å². The lowest BCUT2D eigenvalue weighted by Crippen LogP contribution is -2.42. The number of carbonyl (C=O) groups is 2. The fourth-order valence-corrected chi connectivity index (χ4v) is 7.68. The quantitative estimate of drug-likeness (QED) is 0.147. The molecule has 1 amide bonds. The highest BCUT2D eigenvalue weighted by molar-refractivity contribution is 7.12. The van der Waals surface area contributed by atoms with E-state index in [1.165, 1.54) is 22.7 Å². The minimum absolute atomic E-state index is 0.0484. The number of ether oxygens (including phenoxy) is 2. The molecule has 46 heavy (non-hydrogen) atoms. The second-order valence-electron chi connectivity index (χ2n) is 13.2. The highest BCUT2D eigenvalue weighted by Crippen LogP contribution is 2.39. The summed E-state index contributed by atoms with van der Waals surface area (Å²) in [5.74, 6) is -2.11. The van der Waals surface area contributed by atoms with Gasteiger partial charge >= 0.3 is 12.1 Å². The van der Waals surface area contributed by atoms with Gasteiger partial charge in [0.05, 0.1) is 22.0 Å². The average Bonchev–Trinajstić information content (AvgIpc) is 3.73. The topological polar surface area (TPSA) is 97.3 Å². The smallest absolute Gasteiger partial charge is 0.411 e. The minimum atomic E-state index is -2.15. The molecule has 1 aliphatic rings. The maximum atomic E-state index is 14.7. The monoisotopic (exact) mass is 694 g/mol. The lowest BCUT2D eigenvalue weighted by Gasteiger charge is -2.36. The van der Waals surface area contributed by atoms with Gasteiger partial charge in [0.25, 0.3) is 0 Å². The molecule has 13 heteroatoms. The lowest BCUT2D eigenvalue weighted by atomic mass is 9.91. The molecule has 2 aromatic heterocycles. The summed E-state index contributed by atoms with van der Waals surface area (Å²) >= 11 is 2.61. The Morgan fingerprint density at radius 2 is 1.63 bits per heavy atom. The summed E-state index contributed by atoms with van der Waals surface area (Å²) in [5, 5.41) is 17.3. The highest BCUT2D eigenvalue weighted by atomic mass is 32.1. The molecule has 1 fully saturated rings. The van der Waals surface area contributed by atoms with Crippen molar-refractivity contribution in [3.63, 3.8) is 0 Å². The van der Waals surface area contributed by atoms with Crippen LogP contribution in [0.15, 0.2) is 47.2 Å². The molecular formula is C33H44F2N2O6S2Si. The van der Waals surface area contributed by atoms with Crippen molar-refractivity contribution in [2.24, 2.45) is 0 Å². The predicted molar refractivity (Wildman–Crippen MR) is 180 cm³/mol. The summed E-state index contributed by atoms with van der Waals surface area (Å²) in [6.45, 7) is 10.7. The molecule has 252 valence electrons. The van der Waals surface area contributed by atoms with Crippen molar-refractivity contribution in [3.8, 4) is 0 Å². The lowest BCUT2D eigenvalue weighted by molar-refractivity contribution is -0.169. The number of thiophene rings is 2. The molecule has 1 aliphatic carbocycles. The molecule has 8 nitrogen and oxygen atoms in total. The van der Waals surface area contributed by atoms with E-state index in [2.05, 4.69) is 31.0 Å². The summed E-state index contributed by atoms with van der Waals surface area (Å²) in [4.78, 5) is 28.7. The van der Waals surface area contributed by atoms with E-state index in [-0.39, 0.29) is 41.6 Å². The van der Waals surface area contributed by atoms with Crippen LogP contribution >= 0.6 is 22.7 Å². The number of esters is 1. The normalized spacial score (nSPS) is 17.6. The number of halogens is 2. The first-order chi connectivity index (χ1) is 21.6. The maximum absolute atomic E-state index is 14.7. The van der Waals surface area contributed by atoms with Crippen LogP contribution in [0, 0.1) is 11.6 Å². The standard InChI is InChI=1S/C33H44F2N2O6S2Si/c1-32(2,3)46(5,6)42-21-22-19-26(35)27(20-25(22)34)36-31(39)41-16-15-37(4)23-11-13-24(14-12-23)43-30(38)33(40,28-9-7-17-44-28)29-10-8-18-45-29/h7-10,17-20,23-24,40H,11-16,21H2,1-6H3,(H,36,39)/t23-,24-. The Morgan fingerprint density at radius 1 is 1.02 bits per heavy atom. The molecule has 0 spiro atoms. The van der Waals surface area contributed by atoms with Crippen LogP contribution in [-0.2, 0) is 30.9 Å². The van der Waals surface area contributed by atoms with Gasteiger partial charge in [-0.1, -0.05) is 32.9 Å². The summed E-state index contributed by atoms with van der Waals surface area (Å²) in [6.07, 6.45) is 1.59. The molecular weight excluding hydrogens is 651 g/mol. The molecule has 0 bridgehead atoms. The zero-order valence-electron chi connectivity index (χ0n) is 27.2. The van der Waals surface area contributed by atoms with Gasteiger partial charge in [0.15, 0.2) is 8.32 Å². The van der Waals surface area contributed by atoms with E-state index in [4.69, 9.17) is 13.9 Å². The van der Waals surface area contributed by atoms with Gasteiger partial charge in [-0.25, -0.2) is 18.4 Å². The number of anilines is 1. The first-order valence-electron chi connectivity index (χ1n) is 15.4. The summed E-state index contributed by atoms with van der Waals surface area (Å²) in [5.41, 5.74) is -2.04. The molecule has 0 radical (unpaired) electrons. The zero-order chi connectivity index (χ0) is 33.7. The SMILES string of the molecule is CN(CCOC(=O)Nc1cc(F)c(CO[Si](C)(C)C(C)(C)C)cc1F)[C@H]1CC[C@H](OC(=O)C(O)(c2cccs2)c2cccs2)CC1. The van der Waals surface area contributed by atoms with E-state index in [1.54, 1.807) is 24.3 Å². The first-order valence-corrected chi connectivity index (χ1v) is 20.1. The Kier molecular flexibility index (Phi) is 11.8. The van der Waals surface area contributed by atoms with Gasteiger partial charge in [-0.15, -0.1) is 22.7 Å². The van der Waals surface area contributed by atoms with E-state index in [0.717, 1.165) is 25.0 Å². The van der Waals surface area contributed by atoms with Crippen LogP contribution < -0.4 is 5.32 Å². The number of nitrogens with zero attached hydrogens (tertiary/aromatic N) is 1. The van der Waals surface area contributed by atoms with Crippen molar-refractivity contribution in [1.82, 2.24) is 4.90 Å². The number of hydrogen-bond acceptors (Lipinski definition) is 9. The molecule has 2 N–H and O–H groups in total. The number of nitrogens with one attached hydrogen (secondary N) is 1.